The monoisotopic (exact) mass is 368 g/mol. The van der Waals surface area contributed by atoms with E-state index in [1.807, 2.05) is 17.0 Å². The Hall–Kier alpha value is -2.60. The van der Waals surface area contributed by atoms with Crippen LogP contribution in [-0.4, -0.2) is 49.7 Å². The molecule has 27 heavy (non-hydrogen) atoms. The number of hydrogen-bond acceptors (Lipinski definition) is 5. The summed E-state index contributed by atoms with van der Waals surface area (Å²) in [5, 5.41) is 0. The first-order valence-electron chi connectivity index (χ1n) is 9.27. The lowest BCUT2D eigenvalue weighted by Crippen LogP contribution is -2.48. The number of likely N-dealkylation sites (tertiary alicyclic amines) is 1. The summed E-state index contributed by atoms with van der Waals surface area (Å²) in [7, 11) is 3.23. The van der Waals surface area contributed by atoms with Gasteiger partial charge in [0.1, 0.15) is 16.9 Å². The summed E-state index contributed by atoms with van der Waals surface area (Å²) in [5.41, 5.74) is 2.56. The molecular weight excluding hydrogens is 344 g/mol. The second-order valence-corrected chi connectivity index (χ2v) is 6.94. The first-order chi connectivity index (χ1) is 13.2. The van der Waals surface area contributed by atoms with E-state index in [1.54, 1.807) is 25.4 Å². The van der Waals surface area contributed by atoms with Crippen molar-refractivity contribution in [2.45, 2.75) is 24.9 Å². The van der Waals surface area contributed by atoms with E-state index in [0.29, 0.717) is 31.1 Å². The predicted octanol–water partition coefficient (Wildman–Crippen LogP) is 2.80. The molecule has 0 radical (unpaired) electrons. The van der Waals surface area contributed by atoms with Crippen LogP contribution in [0.15, 0.2) is 36.5 Å². The summed E-state index contributed by atoms with van der Waals surface area (Å²) < 4.78 is 17.2. The number of carbonyl (C=O) groups is 1. The Kier molecular flexibility index (Phi) is 4.74. The topological polar surface area (TPSA) is 60.9 Å². The van der Waals surface area contributed by atoms with Crippen molar-refractivity contribution in [1.82, 2.24) is 9.88 Å². The molecule has 2 aliphatic rings. The molecule has 3 heterocycles. The molecule has 0 bridgehead atoms. The molecule has 2 aliphatic heterocycles. The zero-order valence-corrected chi connectivity index (χ0v) is 15.7. The van der Waals surface area contributed by atoms with Crippen molar-refractivity contribution in [2.75, 3.05) is 33.9 Å². The second-order valence-electron chi connectivity index (χ2n) is 6.94. The Morgan fingerprint density at radius 3 is 2.70 bits per heavy atom. The molecule has 2 aromatic rings. The molecule has 6 nitrogen and oxygen atoms in total. The maximum absolute atomic E-state index is 13.0. The Morgan fingerprint density at radius 1 is 1.15 bits per heavy atom. The van der Waals surface area contributed by atoms with Crippen LogP contribution in [0, 0.1) is 0 Å². The molecule has 1 saturated heterocycles. The molecule has 0 aliphatic carbocycles. The van der Waals surface area contributed by atoms with E-state index in [2.05, 4.69) is 11.1 Å². The van der Waals surface area contributed by atoms with E-state index < -0.39 is 0 Å². The lowest BCUT2D eigenvalue weighted by atomic mass is 9.78. The van der Waals surface area contributed by atoms with Gasteiger partial charge in [-0.3, -0.25) is 4.79 Å². The second kappa shape index (κ2) is 7.19. The molecule has 1 amide bonds. The molecule has 4 rings (SSSR count). The molecule has 0 saturated carbocycles. The number of ether oxygens (including phenoxy) is 3. The lowest BCUT2D eigenvalue weighted by Gasteiger charge is -2.45. The molecular formula is C21H24N2O4. The van der Waals surface area contributed by atoms with Gasteiger partial charge in [-0.25, -0.2) is 4.98 Å². The Bertz CT molecular complexity index is 830. The zero-order valence-electron chi connectivity index (χ0n) is 15.7. The Morgan fingerprint density at radius 2 is 1.96 bits per heavy atom. The van der Waals surface area contributed by atoms with Crippen molar-refractivity contribution in [1.29, 1.82) is 0 Å². The van der Waals surface area contributed by atoms with Gasteiger partial charge in [-0.15, -0.1) is 0 Å². The molecule has 0 atom stereocenters. The van der Waals surface area contributed by atoms with Crippen molar-refractivity contribution >= 4 is 5.91 Å². The largest absolute Gasteiger partial charge is 0.496 e. The summed E-state index contributed by atoms with van der Waals surface area (Å²) in [6.45, 7) is 1.94. The number of carbonyl (C=O) groups excluding carboxylic acids is 1. The van der Waals surface area contributed by atoms with E-state index in [1.165, 1.54) is 12.7 Å². The van der Waals surface area contributed by atoms with Crippen LogP contribution in [-0.2, 0) is 16.8 Å². The Labute approximate surface area is 159 Å². The number of pyridine rings is 1. The van der Waals surface area contributed by atoms with Gasteiger partial charge in [0.05, 0.1) is 20.8 Å². The molecule has 0 N–H and O–H groups in total. The number of hydrogen-bond donors (Lipinski definition) is 0. The minimum atomic E-state index is -0.379. The third-order valence-corrected chi connectivity index (χ3v) is 5.59. The standard InChI is InChI=1S/C21H24N2O4/c1-25-17-7-3-5-15-8-14-27-21(18(15)17)9-12-23(13-10-21)20(24)16-6-4-11-22-19(16)26-2/h3-7,11H,8-10,12-14H2,1-2H3. The van der Waals surface area contributed by atoms with Crippen LogP contribution >= 0.6 is 0 Å². The number of fused-ring (bicyclic) bond motifs is 2. The highest BCUT2D eigenvalue weighted by Crippen LogP contribution is 2.46. The third kappa shape index (κ3) is 3.04. The fourth-order valence-electron chi connectivity index (χ4n) is 4.25. The number of aromatic nitrogens is 1. The quantitative estimate of drug-likeness (QED) is 0.834. The van der Waals surface area contributed by atoms with Crippen LogP contribution in [0.1, 0.15) is 34.3 Å². The summed E-state index contributed by atoms with van der Waals surface area (Å²) in [6.07, 6.45) is 4.01. The maximum Gasteiger partial charge on any atom is 0.259 e. The van der Waals surface area contributed by atoms with Crippen LogP contribution in [0.4, 0.5) is 0 Å². The number of piperidine rings is 1. The fourth-order valence-corrected chi connectivity index (χ4v) is 4.25. The van der Waals surface area contributed by atoms with E-state index >= 15 is 0 Å². The van der Waals surface area contributed by atoms with Gasteiger partial charge in [0, 0.05) is 24.8 Å². The summed E-state index contributed by atoms with van der Waals surface area (Å²) in [5.74, 6) is 1.19. The van der Waals surface area contributed by atoms with Crippen molar-refractivity contribution < 1.29 is 19.0 Å². The van der Waals surface area contributed by atoms with Gasteiger partial charge >= 0.3 is 0 Å². The van der Waals surface area contributed by atoms with E-state index in [0.717, 1.165) is 30.6 Å². The number of amides is 1. The van der Waals surface area contributed by atoms with Crippen LogP contribution in [0.3, 0.4) is 0 Å². The summed E-state index contributed by atoms with van der Waals surface area (Å²) >= 11 is 0. The van der Waals surface area contributed by atoms with Crippen molar-refractivity contribution in [3.8, 4) is 11.6 Å². The van der Waals surface area contributed by atoms with Gasteiger partial charge in [-0.05, 0) is 43.0 Å². The van der Waals surface area contributed by atoms with Crippen LogP contribution in [0.5, 0.6) is 11.6 Å². The molecule has 0 unspecified atom stereocenters. The SMILES string of the molecule is COc1cccc2c1C1(CCN(C(=O)c3cccnc3OC)CC1)OCC2. The average molecular weight is 368 g/mol. The molecule has 1 spiro atoms. The van der Waals surface area contributed by atoms with Crippen LogP contribution < -0.4 is 9.47 Å². The van der Waals surface area contributed by atoms with Crippen molar-refractivity contribution in [2.24, 2.45) is 0 Å². The molecule has 1 fully saturated rings. The van der Waals surface area contributed by atoms with Crippen LogP contribution in [0.2, 0.25) is 0 Å². The minimum absolute atomic E-state index is 0.0501. The summed E-state index contributed by atoms with van der Waals surface area (Å²) in [4.78, 5) is 19.0. The molecule has 1 aromatic heterocycles. The van der Waals surface area contributed by atoms with Gasteiger partial charge in [0.2, 0.25) is 5.88 Å². The summed E-state index contributed by atoms with van der Waals surface area (Å²) in [6, 6.07) is 9.69. The number of methoxy groups -OCH3 is 2. The molecule has 142 valence electrons. The third-order valence-electron chi connectivity index (χ3n) is 5.59. The first-order valence-corrected chi connectivity index (χ1v) is 9.27. The van der Waals surface area contributed by atoms with Gasteiger partial charge in [-0.2, -0.15) is 0 Å². The minimum Gasteiger partial charge on any atom is -0.496 e. The van der Waals surface area contributed by atoms with Gasteiger partial charge in [0.15, 0.2) is 0 Å². The fraction of sp³-hybridized carbons (Fsp3) is 0.429. The average Bonchev–Trinajstić information content (AvgIpc) is 2.73. The number of nitrogens with zero attached hydrogens (tertiary/aromatic N) is 2. The van der Waals surface area contributed by atoms with E-state index in [4.69, 9.17) is 14.2 Å². The molecule has 6 heteroatoms. The number of rotatable bonds is 3. The smallest absolute Gasteiger partial charge is 0.259 e. The highest BCUT2D eigenvalue weighted by Gasteiger charge is 2.43. The maximum atomic E-state index is 13.0. The van der Waals surface area contributed by atoms with Crippen LogP contribution in [0.25, 0.3) is 0 Å². The highest BCUT2D eigenvalue weighted by molar-refractivity contribution is 5.96. The molecule has 1 aromatic carbocycles. The highest BCUT2D eigenvalue weighted by atomic mass is 16.5. The van der Waals surface area contributed by atoms with Gasteiger partial charge in [0.25, 0.3) is 5.91 Å². The van der Waals surface area contributed by atoms with E-state index in [9.17, 15) is 4.79 Å². The van der Waals surface area contributed by atoms with E-state index in [-0.39, 0.29) is 11.5 Å². The van der Waals surface area contributed by atoms with Gasteiger partial charge < -0.3 is 19.1 Å². The zero-order chi connectivity index (χ0) is 18.9. The number of benzene rings is 1. The predicted molar refractivity (Wildman–Crippen MR) is 100 cm³/mol. The van der Waals surface area contributed by atoms with Crippen molar-refractivity contribution in [3.63, 3.8) is 0 Å². The lowest BCUT2D eigenvalue weighted by molar-refractivity contribution is -0.0946. The van der Waals surface area contributed by atoms with Gasteiger partial charge in [-0.1, -0.05) is 12.1 Å². The Balaban J connectivity index is 1.58. The van der Waals surface area contributed by atoms with Crippen molar-refractivity contribution in [3.05, 3.63) is 53.2 Å². The first kappa shape index (κ1) is 17.8. The normalized spacial score (nSPS) is 18.1.